The number of nitriles is 1. The lowest BCUT2D eigenvalue weighted by Crippen LogP contribution is -2.12. The lowest BCUT2D eigenvalue weighted by Gasteiger charge is -2.05. The number of nitro benzene ring substituents is 1. The number of rotatable bonds is 10. The standard InChI is InChI=1S/C23H22N2O8S/c1-5-32-22(27)20-13(3)21(23(28)33-6-2)34-19(20)11-17(26)15(12-24)9-14-7-8-18(31-4)16(10-14)25(29)30/h7-10H,5-6,11H2,1-4H3/b15-9+. The molecule has 11 heteroatoms. The molecule has 34 heavy (non-hydrogen) atoms. The van der Waals surface area contributed by atoms with E-state index in [1.807, 2.05) is 0 Å². The van der Waals surface area contributed by atoms with Gasteiger partial charge in [-0.3, -0.25) is 14.9 Å². The average Bonchev–Trinajstić information content (AvgIpc) is 3.13. The number of Topliss-reactive ketones (excluding diaryl/α,β-unsaturated/α-hetero) is 1. The van der Waals surface area contributed by atoms with E-state index in [1.54, 1.807) is 26.8 Å². The number of hydrogen-bond acceptors (Lipinski definition) is 10. The maximum atomic E-state index is 12.9. The fourth-order valence-corrected chi connectivity index (χ4v) is 4.27. The molecular weight excluding hydrogens is 464 g/mol. The number of methoxy groups -OCH3 is 1. The number of benzene rings is 1. The average molecular weight is 487 g/mol. The largest absolute Gasteiger partial charge is 0.490 e. The first-order chi connectivity index (χ1) is 16.2. The van der Waals surface area contributed by atoms with Crippen LogP contribution in [0, 0.1) is 28.4 Å². The molecule has 0 fully saturated rings. The molecule has 2 aromatic rings. The Kier molecular flexibility index (Phi) is 9.03. The Hall–Kier alpha value is -4.04. The molecule has 10 nitrogen and oxygen atoms in total. The van der Waals surface area contributed by atoms with Crippen molar-refractivity contribution in [2.45, 2.75) is 27.2 Å². The molecule has 0 saturated carbocycles. The lowest BCUT2D eigenvalue weighted by atomic mass is 10.0. The molecule has 2 rings (SSSR count). The van der Waals surface area contributed by atoms with Crippen LogP contribution in [0.4, 0.5) is 5.69 Å². The van der Waals surface area contributed by atoms with Crippen LogP contribution in [0.3, 0.4) is 0 Å². The van der Waals surface area contributed by atoms with E-state index in [0.29, 0.717) is 5.56 Å². The van der Waals surface area contributed by atoms with Crippen LogP contribution in [-0.4, -0.2) is 43.0 Å². The number of carbonyl (C=O) groups is 3. The number of thiophene rings is 1. The molecule has 0 atom stereocenters. The van der Waals surface area contributed by atoms with E-state index in [9.17, 15) is 29.8 Å². The van der Waals surface area contributed by atoms with Crippen LogP contribution in [0.25, 0.3) is 6.08 Å². The van der Waals surface area contributed by atoms with E-state index < -0.39 is 22.6 Å². The third kappa shape index (κ3) is 5.85. The second kappa shape index (κ2) is 11.7. The number of esters is 2. The number of carbonyl (C=O) groups excluding carboxylic acids is 3. The summed E-state index contributed by atoms with van der Waals surface area (Å²) in [5.41, 5.74) is 0.0627. The molecule has 0 saturated heterocycles. The molecule has 0 radical (unpaired) electrons. The Morgan fingerprint density at radius 2 is 1.82 bits per heavy atom. The van der Waals surface area contributed by atoms with Gasteiger partial charge in [-0.2, -0.15) is 5.26 Å². The van der Waals surface area contributed by atoms with Crippen molar-refractivity contribution >= 4 is 40.8 Å². The third-order valence-electron chi connectivity index (χ3n) is 4.61. The summed E-state index contributed by atoms with van der Waals surface area (Å²) < 4.78 is 15.0. The molecule has 0 N–H and O–H groups in total. The van der Waals surface area contributed by atoms with Crippen molar-refractivity contribution in [2.75, 3.05) is 20.3 Å². The van der Waals surface area contributed by atoms with Gasteiger partial charge in [-0.05, 0) is 44.0 Å². The van der Waals surface area contributed by atoms with Gasteiger partial charge in [-0.15, -0.1) is 11.3 Å². The Balaban J connectivity index is 2.46. The van der Waals surface area contributed by atoms with Gasteiger partial charge < -0.3 is 14.2 Å². The molecule has 0 aliphatic rings. The Labute approximate surface area is 199 Å². The Morgan fingerprint density at radius 1 is 1.18 bits per heavy atom. The Morgan fingerprint density at radius 3 is 2.38 bits per heavy atom. The maximum absolute atomic E-state index is 12.9. The number of ether oxygens (including phenoxy) is 3. The molecule has 0 bridgehead atoms. The lowest BCUT2D eigenvalue weighted by molar-refractivity contribution is -0.385. The Bertz CT molecular complexity index is 1210. The predicted molar refractivity (Wildman–Crippen MR) is 123 cm³/mol. The molecule has 1 heterocycles. The van der Waals surface area contributed by atoms with E-state index in [4.69, 9.17) is 14.2 Å². The van der Waals surface area contributed by atoms with Crippen LogP contribution in [-0.2, 0) is 20.7 Å². The molecule has 1 aromatic carbocycles. The number of ketones is 1. The highest BCUT2D eigenvalue weighted by Gasteiger charge is 2.28. The smallest absolute Gasteiger partial charge is 0.348 e. The zero-order chi connectivity index (χ0) is 25.4. The summed E-state index contributed by atoms with van der Waals surface area (Å²) in [5, 5.41) is 20.8. The number of nitrogens with zero attached hydrogens (tertiary/aromatic N) is 2. The highest BCUT2D eigenvalue weighted by atomic mass is 32.1. The van der Waals surface area contributed by atoms with Gasteiger partial charge in [0, 0.05) is 17.4 Å². The van der Waals surface area contributed by atoms with Crippen molar-refractivity contribution in [3.8, 4) is 11.8 Å². The fourth-order valence-electron chi connectivity index (χ4n) is 3.08. The van der Waals surface area contributed by atoms with Gasteiger partial charge in [0.2, 0.25) is 0 Å². The summed E-state index contributed by atoms with van der Waals surface area (Å²) >= 11 is 0.924. The minimum absolute atomic E-state index is 0.0339. The molecule has 0 amide bonds. The zero-order valence-electron chi connectivity index (χ0n) is 19.0. The SMILES string of the molecule is CCOC(=O)c1sc(CC(=O)/C(C#N)=C/c2ccc(OC)c([N+](=O)[O-])c2)c(C(=O)OCC)c1C. The van der Waals surface area contributed by atoms with Crippen molar-refractivity contribution < 1.29 is 33.5 Å². The normalized spacial score (nSPS) is 10.9. The second-order valence-electron chi connectivity index (χ2n) is 6.75. The first-order valence-corrected chi connectivity index (χ1v) is 10.9. The fraction of sp³-hybridized carbons (Fsp3) is 0.304. The number of hydrogen-bond donors (Lipinski definition) is 0. The van der Waals surface area contributed by atoms with Crippen molar-refractivity contribution in [3.05, 3.63) is 60.3 Å². The van der Waals surface area contributed by atoms with Crippen molar-refractivity contribution in [3.63, 3.8) is 0 Å². The number of nitro groups is 1. The molecular formula is C23H22N2O8S. The highest BCUT2D eigenvalue weighted by molar-refractivity contribution is 7.14. The van der Waals surface area contributed by atoms with E-state index >= 15 is 0 Å². The minimum Gasteiger partial charge on any atom is -0.490 e. The molecule has 1 aromatic heterocycles. The third-order valence-corrected chi connectivity index (χ3v) is 5.88. The van der Waals surface area contributed by atoms with Gasteiger partial charge in [0.25, 0.3) is 0 Å². The molecule has 178 valence electrons. The minimum atomic E-state index is -0.692. The van der Waals surface area contributed by atoms with Gasteiger partial charge in [0.15, 0.2) is 11.5 Å². The van der Waals surface area contributed by atoms with Gasteiger partial charge in [-0.1, -0.05) is 6.07 Å². The second-order valence-corrected chi connectivity index (χ2v) is 7.86. The summed E-state index contributed by atoms with van der Waals surface area (Å²) in [6.45, 7) is 5.05. The van der Waals surface area contributed by atoms with Crippen LogP contribution in [0.1, 0.15) is 49.9 Å². The predicted octanol–water partition coefficient (Wildman–Crippen LogP) is 4.05. The van der Waals surface area contributed by atoms with Crippen LogP contribution >= 0.6 is 11.3 Å². The molecule has 0 spiro atoms. The summed E-state index contributed by atoms with van der Waals surface area (Å²) in [4.78, 5) is 48.8. The topological polar surface area (TPSA) is 146 Å². The van der Waals surface area contributed by atoms with E-state index in [1.165, 1.54) is 31.4 Å². The summed E-state index contributed by atoms with van der Waals surface area (Å²) in [6.07, 6.45) is 0.863. The van der Waals surface area contributed by atoms with Gasteiger partial charge in [-0.25, -0.2) is 9.59 Å². The van der Waals surface area contributed by atoms with Gasteiger partial charge in [0.05, 0.1) is 36.4 Å². The van der Waals surface area contributed by atoms with Crippen LogP contribution < -0.4 is 4.74 Å². The van der Waals surface area contributed by atoms with Crippen LogP contribution in [0.5, 0.6) is 5.75 Å². The van der Waals surface area contributed by atoms with Crippen LogP contribution in [0.2, 0.25) is 0 Å². The van der Waals surface area contributed by atoms with E-state index in [2.05, 4.69) is 0 Å². The van der Waals surface area contributed by atoms with E-state index in [0.717, 1.165) is 11.3 Å². The summed E-state index contributed by atoms with van der Waals surface area (Å²) in [5.74, 6) is -1.92. The van der Waals surface area contributed by atoms with Crippen molar-refractivity contribution in [2.24, 2.45) is 0 Å². The first kappa shape index (κ1) is 26.2. The van der Waals surface area contributed by atoms with Crippen molar-refractivity contribution in [1.29, 1.82) is 5.26 Å². The zero-order valence-corrected chi connectivity index (χ0v) is 19.8. The monoisotopic (exact) mass is 486 g/mol. The van der Waals surface area contributed by atoms with E-state index in [-0.39, 0.29) is 57.5 Å². The number of allylic oxidation sites excluding steroid dienone is 1. The summed E-state index contributed by atoms with van der Waals surface area (Å²) in [6, 6.07) is 5.80. The van der Waals surface area contributed by atoms with Gasteiger partial charge in [0.1, 0.15) is 10.9 Å². The quantitative estimate of drug-likeness (QED) is 0.159. The summed E-state index contributed by atoms with van der Waals surface area (Å²) in [7, 11) is 1.29. The van der Waals surface area contributed by atoms with Gasteiger partial charge >= 0.3 is 17.6 Å². The van der Waals surface area contributed by atoms with Crippen LogP contribution in [0.15, 0.2) is 23.8 Å². The first-order valence-electron chi connectivity index (χ1n) is 10.1. The molecule has 0 aliphatic heterocycles. The van der Waals surface area contributed by atoms with Crippen molar-refractivity contribution in [1.82, 2.24) is 0 Å². The maximum Gasteiger partial charge on any atom is 0.348 e. The molecule has 0 unspecified atom stereocenters. The highest BCUT2D eigenvalue weighted by Crippen LogP contribution is 2.32. The molecule has 0 aliphatic carbocycles.